The Kier molecular flexibility index (Phi) is 7.34. The molecule has 0 saturated carbocycles. The molecule has 8 nitrogen and oxygen atoms in total. The van der Waals surface area contributed by atoms with Crippen LogP contribution in [0.3, 0.4) is 0 Å². The van der Waals surface area contributed by atoms with Gasteiger partial charge in [-0.3, -0.25) is 13.9 Å². The van der Waals surface area contributed by atoms with Gasteiger partial charge in [-0.25, -0.2) is 8.42 Å². The van der Waals surface area contributed by atoms with Crippen LogP contribution >= 0.6 is 11.6 Å². The summed E-state index contributed by atoms with van der Waals surface area (Å²) in [5.41, 5.74) is 2.31. The molecule has 2 amide bonds. The Morgan fingerprint density at radius 2 is 1.75 bits per heavy atom. The maximum absolute atomic E-state index is 14.0. The van der Waals surface area contributed by atoms with Crippen molar-refractivity contribution in [1.29, 1.82) is 5.26 Å². The molecular formula is C30H29ClN4O4S. The Labute approximate surface area is 239 Å². The number of nitriles is 1. The minimum atomic E-state index is -3.99. The second-order valence-electron chi connectivity index (χ2n) is 10.3. The summed E-state index contributed by atoms with van der Waals surface area (Å²) < 4.78 is 29.4. The highest BCUT2D eigenvalue weighted by Crippen LogP contribution is 2.53. The van der Waals surface area contributed by atoms with E-state index < -0.39 is 21.5 Å². The highest BCUT2D eigenvalue weighted by atomic mass is 35.5. The number of anilines is 1. The molecule has 0 aliphatic carbocycles. The molecule has 0 bridgehead atoms. The van der Waals surface area contributed by atoms with Crippen LogP contribution in [0.5, 0.6) is 0 Å². The number of carbonyl (C=O) groups is 2. The van der Waals surface area contributed by atoms with Gasteiger partial charge in [-0.15, -0.1) is 0 Å². The van der Waals surface area contributed by atoms with E-state index in [-0.39, 0.29) is 23.3 Å². The lowest BCUT2D eigenvalue weighted by Crippen LogP contribution is -2.52. The van der Waals surface area contributed by atoms with Crippen LogP contribution in [0.1, 0.15) is 53.7 Å². The van der Waals surface area contributed by atoms with Gasteiger partial charge >= 0.3 is 0 Å². The predicted octanol–water partition coefficient (Wildman–Crippen LogP) is 4.62. The third kappa shape index (κ3) is 4.72. The standard InChI is InChI=1S/C30H29ClN4O4S/c1-20-30(13-15-34(16-14-30)21(2)36)26-17-23(29(37)33-19-24-5-3-4-6-27(24)31)9-12-28(26)35(20)40(38,39)25-10-7-22(18-32)8-11-25/h3-12,17,20H,13-16,19H2,1-2H3,(H,33,37). The van der Waals surface area contributed by atoms with Gasteiger partial charge in [0.25, 0.3) is 15.9 Å². The molecule has 40 heavy (non-hydrogen) atoms. The van der Waals surface area contributed by atoms with Crippen LogP contribution < -0.4 is 9.62 Å². The van der Waals surface area contributed by atoms with Crippen molar-refractivity contribution in [3.05, 3.63) is 94.0 Å². The Balaban J connectivity index is 1.53. The van der Waals surface area contributed by atoms with Gasteiger partial charge in [0.1, 0.15) is 0 Å². The second-order valence-corrected chi connectivity index (χ2v) is 12.5. The monoisotopic (exact) mass is 576 g/mol. The molecule has 2 aliphatic rings. The van der Waals surface area contributed by atoms with Crippen LogP contribution in [0, 0.1) is 11.3 Å². The van der Waals surface area contributed by atoms with Gasteiger partial charge in [-0.1, -0.05) is 29.8 Å². The number of nitrogens with one attached hydrogen (secondary N) is 1. The average molecular weight is 577 g/mol. The van der Waals surface area contributed by atoms with E-state index in [1.165, 1.54) is 35.5 Å². The zero-order chi connectivity index (χ0) is 28.7. The van der Waals surface area contributed by atoms with E-state index in [0.29, 0.717) is 47.8 Å². The number of piperidine rings is 1. The molecule has 2 aliphatic heterocycles. The Hall–Kier alpha value is -3.87. The van der Waals surface area contributed by atoms with Crippen LogP contribution in [-0.2, 0) is 26.8 Å². The predicted molar refractivity (Wildman–Crippen MR) is 153 cm³/mol. The fraction of sp³-hybridized carbons (Fsp3) is 0.300. The van der Waals surface area contributed by atoms with Gasteiger partial charge in [0.2, 0.25) is 5.91 Å². The largest absolute Gasteiger partial charge is 0.348 e. The molecule has 1 spiro atoms. The van der Waals surface area contributed by atoms with E-state index in [2.05, 4.69) is 5.32 Å². The van der Waals surface area contributed by atoms with Crippen LogP contribution in [0.4, 0.5) is 5.69 Å². The molecule has 3 aromatic rings. The van der Waals surface area contributed by atoms with Gasteiger partial charge in [-0.2, -0.15) is 5.26 Å². The first-order valence-corrected chi connectivity index (χ1v) is 14.9. The van der Waals surface area contributed by atoms with Gasteiger partial charge in [-0.05, 0) is 79.4 Å². The van der Waals surface area contributed by atoms with Crippen molar-refractivity contribution in [3.8, 4) is 6.07 Å². The van der Waals surface area contributed by atoms with Gasteiger partial charge in [0.05, 0.1) is 28.3 Å². The normalized spacial score (nSPS) is 17.8. The van der Waals surface area contributed by atoms with Crippen LogP contribution in [0.15, 0.2) is 71.6 Å². The maximum Gasteiger partial charge on any atom is 0.264 e. The van der Waals surface area contributed by atoms with Crippen molar-refractivity contribution in [2.45, 2.75) is 49.6 Å². The van der Waals surface area contributed by atoms with Crippen LogP contribution in [-0.4, -0.2) is 44.3 Å². The second kappa shape index (κ2) is 10.6. The van der Waals surface area contributed by atoms with E-state index in [1.807, 2.05) is 31.2 Å². The number of hydrogen-bond acceptors (Lipinski definition) is 5. The van der Waals surface area contributed by atoms with Crippen molar-refractivity contribution < 1.29 is 18.0 Å². The molecule has 1 N–H and O–H groups in total. The molecule has 10 heteroatoms. The topological polar surface area (TPSA) is 111 Å². The summed E-state index contributed by atoms with van der Waals surface area (Å²) in [6, 6.07) is 19.8. The number of amides is 2. The molecule has 0 aromatic heterocycles. The quantitative estimate of drug-likeness (QED) is 0.476. The van der Waals surface area contributed by atoms with Gasteiger partial charge in [0.15, 0.2) is 0 Å². The first-order valence-electron chi connectivity index (χ1n) is 13.0. The molecule has 1 fully saturated rings. The first kappa shape index (κ1) is 27.7. The molecule has 2 heterocycles. The first-order chi connectivity index (χ1) is 19.1. The number of hydrogen-bond donors (Lipinski definition) is 1. The number of rotatable bonds is 5. The van der Waals surface area contributed by atoms with Gasteiger partial charge < -0.3 is 10.2 Å². The number of carbonyl (C=O) groups excluding carboxylic acids is 2. The lowest BCUT2D eigenvalue weighted by atomic mass is 9.70. The minimum absolute atomic E-state index is 0.0181. The number of nitrogens with zero attached hydrogens (tertiary/aromatic N) is 3. The highest BCUT2D eigenvalue weighted by Gasteiger charge is 2.54. The van der Waals surface area contributed by atoms with Gasteiger partial charge in [0, 0.05) is 42.6 Å². The van der Waals surface area contributed by atoms with E-state index in [4.69, 9.17) is 16.9 Å². The van der Waals surface area contributed by atoms with Crippen molar-refractivity contribution in [1.82, 2.24) is 10.2 Å². The smallest absolute Gasteiger partial charge is 0.264 e. The molecule has 5 rings (SSSR count). The minimum Gasteiger partial charge on any atom is -0.348 e. The van der Waals surface area contributed by atoms with E-state index >= 15 is 0 Å². The van der Waals surface area contributed by atoms with Crippen LogP contribution in [0.25, 0.3) is 0 Å². The average Bonchev–Trinajstić information content (AvgIpc) is 3.19. The zero-order valence-corrected chi connectivity index (χ0v) is 23.8. The lowest BCUT2D eigenvalue weighted by Gasteiger charge is -2.43. The van der Waals surface area contributed by atoms with E-state index in [9.17, 15) is 18.0 Å². The molecule has 1 saturated heterocycles. The third-order valence-corrected chi connectivity index (χ3v) is 10.5. The summed E-state index contributed by atoms with van der Waals surface area (Å²) in [4.78, 5) is 27.2. The zero-order valence-electron chi connectivity index (χ0n) is 22.2. The molecular weight excluding hydrogens is 548 g/mol. The van der Waals surface area contributed by atoms with Crippen molar-refractivity contribution in [2.24, 2.45) is 0 Å². The highest BCUT2D eigenvalue weighted by molar-refractivity contribution is 7.92. The third-order valence-electron chi connectivity index (χ3n) is 8.22. The molecule has 1 atom stereocenters. The van der Waals surface area contributed by atoms with Crippen molar-refractivity contribution in [3.63, 3.8) is 0 Å². The molecule has 1 unspecified atom stereocenters. The maximum atomic E-state index is 14.0. The fourth-order valence-electron chi connectivity index (χ4n) is 5.91. The number of halogens is 1. The van der Waals surface area contributed by atoms with Crippen molar-refractivity contribution >= 4 is 39.1 Å². The van der Waals surface area contributed by atoms with E-state index in [1.54, 1.807) is 29.2 Å². The fourth-order valence-corrected chi connectivity index (χ4v) is 7.85. The number of fused-ring (bicyclic) bond motifs is 2. The Bertz CT molecular complexity index is 1620. The van der Waals surface area contributed by atoms with Crippen molar-refractivity contribution in [2.75, 3.05) is 17.4 Å². The molecule has 3 aromatic carbocycles. The summed E-state index contributed by atoms with van der Waals surface area (Å²) in [5.74, 6) is -0.310. The number of likely N-dealkylation sites (tertiary alicyclic amines) is 1. The molecule has 206 valence electrons. The lowest BCUT2D eigenvalue weighted by molar-refractivity contribution is -0.130. The summed E-state index contributed by atoms with van der Waals surface area (Å²) in [6.45, 7) is 4.67. The summed E-state index contributed by atoms with van der Waals surface area (Å²) in [7, 11) is -3.99. The SMILES string of the molecule is CC(=O)N1CCC2(CC1)c1cc(C(=O)NCc3ccccc3Cl)ccc1N(S(=O)(=O)c1ccc(C#N)cc1)C2C. The summed E-state index contributed by atoms with van der Waals surface area (Å²) in [5, 5.41) is 12.6. The molecule has 0 radical (unpaired) electrons. The van der Waals surface area contributed by atoms with E-state index in [0.717, 1.165) is 11.1 Å². The summed E-state index contributed by atoms with van der Waals surface area (Å²) in [6.07, 6.45) is 1.12. The summed E-state index contributed by atoms with van der Waals surface area (Å²) >= 11 is 6.25. The Morgan fingerprint density at radius 1 is 1.07 bits per heavy atom. The number of sulfonamides is 1. The number of benzene rings is 3. The Morgan fingerprint density at radius 3 is 2.38 bits per heavy atom. The van der Waals surface area contributed by atoms with Crippen LogP contribution in [0.2, 0.25) is 5.02 Å².